The number of benzene rings is 1. The van der Waals surface area contributed by atoms with Crippen molar-refractivity contribution in [3.63, 3.8) is 0 Å². The lowest BCUT2D eigenvalue weighted by molar-refractivity contribution is -0.151. The van der Waals surface area contributed by atoms with Crippen LogP contribution in [0.25, 0.3) is 0 Å². The summed E-state index contributed by atoms with van der Waals surface area (Å²) in [6.07, 6.45) is 0. The third-order valence-corrected chi connectivity index (χ3v) is 3.94. The van der Waals surface area contributed by atoms with Crippen molar-refractivity contribution in [1.82, 2.24) is 4.90 Å². The number of carbonyl (C=O) groups excluding carboxylic acids is 1. The predicted octanol–water partition coefficient (Wildman–Crippen LogP) is 2.48. The Balaban J connectivity index is 1.82. The van der Waals surface area contributed by atoms with Crippen molar-refractivity contribution in [3.05, 3.63) is 35.9 Å². The molecule has 21 heavy (non-hydrogen) atoms. The van der Waals surface area contributed by atoms with Crippen molar-refractivity contribution in [2.45, 2.75) is 32.9 Å². The van der Waals surface area contributed by atoms with Crippen LogP contribution < -0.4 is 0 Å². The van der Waals surface area contributed by atoms with E-state index in [2.05, 4.69) is 18.7 Å². The van der Waals surface area contributed by atoms with Crippen LogP contribution in [0.3, 0.4) is 0 Å². The highest BCUT2D eigenvalue weighted by Crippen LogP contribution is 2.20. The third-order valence-electron chi connectivity index (χ3n) is 3.94. The molecule has 1 heterocycles. The molecular formula is C17H25NO3. The van der Waals surface area contributed by atoms with Gasteiger partial charge in [0.1, 0.15) is 6.61 Å². The standard InChI is InChI=1S/C17H25NO3/c1-14(11-18-9-10-20-13-17(18,2)3)16(19)21-12-15-7-5-4-6-8-15/h4-8,14H,9-13H2,1-3H3. The molecule has 1 unspecified atom stereocenters. The molecule has 0 bridgehead atoms. The lowest BCUT2D eigenvalue weighted by Crippen LogP contribution is -2.54. The molecule has 4 heteroatoms. The zero-order chi connectivity index (χ0) is 15.3. The molecule has 0 radical (unpaired) electrons. The number of nitrogens with zero attached hydrogens (tertiary/aromatic N) is 1. The lowest BCUT2D eigenvalue weighted by atomic mass is 10.00. The van der Waals surface area contributed by atoms with Crippen molar-refractivity contribution in [2.24, 2.45) is 5.92 Å². The molecule has 1 atom stereocenters. The minimum atomic E-state index is -0.138. The van der Waals surface area contributed by atoms with Gasteiger partial charge in [0.05, 0.1) is 19.1 Å². The third kappa shape index (κ3) is 4.55. The summed E-state index contributed by atoms with van der Waals surface area (Å²) in [6, 6.07) is 9.77. The average molecular weight is 291 g/mol. The van der Waals surface area contributed by atoms with Gasteiger partial charge in [0.2, 0.25) is 0 Å². The van der Waals surface area contributed by atoms with Crippen LogP contribution in [-0.2, 0) is 20.9 Å². The highest BCUT2D eigenvalue weighted by Gasteiger charge is 2.32. The zero-order valence-electron chi connectivity index (χ0n) is 13.2. The number of esters is 1. The van der Waals surface area contributed by atoms with Crippen molar-refractivity contribution in [1.29, 1.82) is 0 Å². The maximum atomic E-state index is 12.1. The molecule has 116 valence electrons. The van der Waals surface area contributed by atoms with E-state index in [0.717, 1.165) is 18.7 Å². The molecule has 0 N–H and O–H groups in total. The van der Waals surface area contributed by atoms with E-state index in [1.807, 2.05) is 37.3 Å². The number of carbonyl (C=O) groups is 1. The molecule has 0 aromatic heterocycles. The van der Waals surface area contributed by atoms with Gasteiger partial charge in [0, 0.05) is 18.6 Å². The van der Waals surface area contributed by atoms with E-state index in [0.29, 0.717) is 19.8 Å². The van der Waals surface area contributed by atoms with Gasteiger partial charge >= 0.3 is 5.97 Å². The van der Waals surface area contributed by atoms with Crippen LogP contribution in [0.15, 0.2) is 30.3 Å². The molecule has 4 nitrogen and oxygen atoms in total. The van der Waals surface area contributed by atoms with Crippen LogP contribution in [0.1, 0.15) is 26.3 Å². The quantitative estimate of drug-likeness (QED) is 0.781. The number of hydrogen-bond acceptors (Lipinski definition) is 4. The summed E-state index contributed by atoms with van der Waals surface area (Å²) in [5.41, 5.74) is 0.997. The van der Waals surface area contributed by atoms with Gasteiger partial charge in [0.15, 0.2) is 0 Å². The van der Waals surface area contributed by atoms with Gasteiger partial charge in [-0.1, -0.05) is 37.3 Å². The fraction of sp³-hybridized carbons (Fsp3) is 0.588. The summed E-state index contributed by atoms with van der Waals surface area (Å²) in [4.78, 5) is 14.4. The fourth-order valence-electron chi connectivity index (χ4n) is 2.51. The van der Waals surface area contributed by atoms with Crippen molar-refractivity contribution >= 4 is 5.97 Å². The normalized spacial score (nSPS) is 20.0. The Morgan fingerprint density at radius 1 is 1.38 bits per heavy atom. The topological polar surface area (TPSA) is 38.8 Å². The highest BCUT2D eigenvalue weighted by molar-refractivity contribution is 5.72. The minimum Gasteiger partial charge on any atom is -0.461 e. The largest absolute Gasteiger partial charge is 0.461 e. The first-order valence-corrected chi connectivity index (χ1v) is 7.52. The molecule has 1 aromatic rings. The van der Waals surface area contributed by atoms with E-state index in [9.17, 15) is 4.79 Å². The number of ether oxygens (including phenoxy) is 2. The second-order valence-corrected chi connectivity index (χ2v) is 6.31. The van der Waals surface area contributed by atoms with Crippen molar-refractivity contribution in [2.75, 3.05) is 26.3 Å². The Morgan fingerprint density at radius 3 is 2.76 bits per heavy atom. The Hall–Kier alpha value is -1.39. The molecule has 0 spiro atoms. The zero-order valence-corrected chi connectivity index (χ0v) is 13.2. The second-order valence-electron chi connectivity index (χ2n) is 6.31. The SMILES string of the molecule is CC(CN1CCOCC1(C)C)C(=O)OCc1ccccc1. The molecule has 1 aliphatic rings. The molecule has 1 aromatic carbocycles. The fourth-order valence-corrected chi connectivity index (χ4v) is 2.51. The second kappa shape index (κ2) is 7.05. The maximum absolute atomic E-state index is 12.1. The molecule has 1 fully saturated rings. The molecule has 2 rings (SSSR count). The maximum Gasteiger partial charge on any atom is 0.310 e. The van der Waals surface area contributed by atoms with Gasteiger partial charge in [-0.05, 0) is 19.4 Å². The Bertz CT molecular complexity index is 458. The summed E-state index contributed by atoms with van der Waals surface area (Å²) >= 11 is 0. The molecule has 0 saturated carbocycles. The molecule has 0 aliphatic carbocycles. The van der Waals surface area contributed by atoms with E-state index in [4.69, 9.17) is 9.47 Å². The monoisotopic (exact) mass is 291 g/mol. The minimum absolute atomic E-state index is 0.0216. The van der Waals surface area contributed by atoms with Gasteiger partial charge in [-0.2, -0.15) is 0 Å². The molecule has 0 amide bonds. The van der Waals surface area contributed by atoms with Gasteiger partial charge in [-0.15, -0.1) is 0 Å². The lowest BCUT2D eigenvalue weighted by Gasteiger charge is -2.42. The van der Waals surface area contributed by atoms with E-state index in [-0.39, 0.29) is 17.4 Å². The van der Waals surface area contributed by atoms with Crippen LogP contribution in [0.5, 0.6) is 0 Å². The van der Waals surface area contributed by atoms with Crippen LogP contribution in [0, 0.1) is 5.92 Å². The smallest absolute Gasteiger partial charge is 0.310 e. The van der Waals surface area contributed by atoms with Gasteiger partial charge in [-0.3, -0.25) is 9.69 Å². The first-order chi connectivity index (χ1) is 9.99. The number of hydrogen-bond donors (Lipinski definition) is 0. The Labute approximate surface area is 127 Å². The van der Waals surface area contributed by atoms with Crippen molar-refractivity contribution in [3.8, 4) is 0 Å². The Morgan fingerprint density at radius 2 is 2.10 bits per heavy atom. The van der Waals surface area contributed by atoms with E-state index < -0.39 is 0 Å². The Kier molecular flexibility index (Phi) is 5.37. The number of morpholine rings is 1. The summed E-state index contributed by atoms with van der Waals surface area (Å²) in [5, 5.41) is 0. The first-order valence-electron chi connectivity index (χ1n) is 7.52. The summed E-state index contributed by atoms with van der Waals surface area (Å²) in [7, 11) is 0. The first kappa shape index (κ1) is 16.0. The van der Waals surface area contributed by atoms with Crippen molar-refractivity contribution < 1.29 is 14.3 Å². The summed E-state index contributed by atoms with van der Waals surface area (Å²) < 4.78 is 10.9. The highest BCUT2D eigenvalue weighted by atomic mass is 16.5. The molecule has 1 aliphatic heterocycles. The summed E-state index contributed by atoms with van der Waals surface area (Å²) in [5.74, 6) is -0.271. The van der Waals surface area contributed by atoms with Crippen LogP contribution in [0.4, 0.5) is 0 Å². The van der Waals surface area contributed by atoms with Crippen LogP contribution in [-0.4, -0.2) is 42.7 Å². The van der Waals surface area contributed by atoms with Gasteiger partial charge < -0.3 is 9.47 Å². The van der Waals surface area contributed by atoms with Gasteiger partial charge in [0.25, 0.3) is 0 Å². The van der Waals surface area contributed by atoms with E-state index in [1.165, 1.54) is 0 Å². The van der Waals surface area contributed by atoms with Gasteiger partial charge in [-0.25, -0.2) is 0 Å². The number of rotatable bonds is 5. The summed E-state index contributed by atoms with van der Waals surface area (Å²) in [6.45, 7) is 9.58. The van der Waals surface area contributed by atoms with E-state index >= 15 is 0 Å². The van der Waals surface area contributed by atoms with Crippen LogP contribution >= 0.6 is 0 Å². The van der Waals surface area contributed by atoms with E-state index in [1.54, 1.807) is 0 Å². The molecular weight excluding hydrogens is 266 g/mol. The molecule has 1 saturated heterocycles. The predicted molar refractivity (Wildman–Crippen MR) is 81.9 cm³/mol. The van der Waals surface area contributed by atoms with Crippen LogP contribution in [0.2, 0.25) is 0 Å². The average Bonchev–Trinajstić information content (AvgIpc) is 2.48.